The van der Waals surface area contributed by atoms with Gasteiger partial charge in [0.1, 0.15) is 35.3 Å². The Morgan fingerprint density at radius 3 is 1.70 bits per heavy atom. The number of hydrogen-bond acceptors (Lipinski definition) is 13. The van der Waals surface area contributed by atoms with Gasteiger partial charge in [-0.1, -0.05) is 11.6 Å². The quantitative estimate of drug-likeness (QED) is 0.0398. The van der Waals surface area contributed by atoms with Crippen LogP contribution in [0.2, 0.25) is 5.15 Å². The second kappa shape index (κ2) is 21.3. The van der Waals surface area contributed by atoms with Crippen molar-refractivity contribution in [2.45, 2.75) is 19.3 Å². The highest BCUT2D eigenvalue weighted by atomic mass is 35.5. The normalized spacial score (nSPS) is 11.7. The van der Waals surface area contributed by atoms with Crippen LogP contribution >= 0.6 is 11.6 Å². The van der Waals surface area contributed by atoms with Gasteiger partial charge in [-0.25, -0.2) is 28.9 Å². The predicted molar refractivity (Wildman–Crippen MR) is 199 cm³/mol. The zero-order valence-corrected chi connectivity index (χ0v) is 29.4. The molecule has 4 aromatic rings. The molecule has 3 heterocycles. The molecule has 0 aliphatic heterocycles. The third-order valence-corrected chi connectivity index (χ3v) is 7.20. The molecule has 19 heteroatoms. The summed E-state index contributed by atoms with van der Waals surface area (Å²) in [7, 11) is 3.15. The van der Waals surface area contributed by atoms with Gasteiger partial charge in [0.25, 0.3) is 0 Å². The monoisotopic (exact) mass is 751 g/mol. The van der Waals surface area contributed by atoms with Crippen LogP contribution in [0.25, 0.3) is 11.6 Å². The van der Waals surface area contributed by atoms with E-state index in [1.807, 2.05) is 0 Å². The molecule has 3 aromatic heterocycles. The van der Waals surface area contributed by atoms with Gasteiger partial charge in [-0.15, -0.1) is 0 Å². The van der Waals surface area contributed by atoms with Gasteiger partial charge < -0.3 is 43.8 Å². The molecule has 0 aliphatic carbocycles. The molecule has 53 heavy (non-hydrogen) atoms. The van der Waals surface area contributed by atoms with Crippen LogP contribution in [0.3, 0.4) is 0 Å². The van der Waals surface area contributed by atoms with Crippen LogP contribution in [0.4, 0.5) is 15.8 Å². The largest absolute Gasteiger partial charge is 0.478 e. The third-order valence-electron chi connectivity index (χ3n) is 6.87. The molecule has 17 nitrogen and oxygen atoms in total. The van der Waals surface area contributed by atoms with Crippen LogP contribution in [-0.2, 0) is 22.4 Å². The molecule has 0 saturated heterocycles. The Morgan fingerprint density at radius 1 is 0.792 bits per heavy atom. The molecule has 1 aromatic carbocycles. The van der Waals surface area contributed by atoms with Crippen molar-refractivity contribution in [3.63, 3.8) is 0 Å². The number of anilines is 2. The van der Waals surface area contributed by atoms with Gasteiger partial charge in [0.2, 0.25) is 0 Å². The summed E-state index contributed by atoms with van der Waals surface area (Å²) in [5.74, 6) is -2.09. The fraction of sp³-hybridized carbons (Fsp3) is 0.147. The smallest absolute Gasteiger partial charge is 0.356 e. The number of nitrogens with zero attached hydrogens (tertiary/aromatic N) is 5. The highest BCUT2D eigenvalue weighted by Gasteiger charge is 2.17. The van der Waals surface area contributed by atoms with Crippen molar-refractivity contribution >= 4 is 59.1 Å². The summed E-state index contributed by atoms with van der Waals surface area (Å²) < 4.78 is 17.4. The first kappa shape index (κ1) is 42.2. The summed E-state index contributed by atoms with van der Waals surface area (Å²) in [5, 5.41) is 23.8. The minimum atomic E-state index is -1.21. The van der Waals surface area contributed by atoms with Gasteiger partial charge in [-0.2, -0.15) is 0 Å². The fourth-order valence-electron chi connectivity index (χ4n) is 4.16. The number of hydrogen-bond donors (Lipinski definition) is 8. The molecule has 280 valence electrons. The number of carbonyl (C=O) groups is 4. The van der Waals surface area contributed by atoms with Gasteiger partial charge in [-0.3, -0.25) is 18.7 Å². The van der Waals surface area contributed by atoms with E-state index in [-0.39, 0.29) is 27.8 Å². The summed E-state index contributed by atoms with van der Waals surface area (Å²) in [6, 6.07) is 4.09. The molecule has 0 unspecified atom stereocenters. The minimum absolute atomic E-state index is 0.0870. The Kier molecular flexibility index (Phi) is 17.0. The molecular weight excluding hydrogens is 713 g/mol. The van der Waals surface area contributed by atoms with Crippen molar-refractivity contribution in [2.75, 3.05) is 24.7 Å². The van der Waals surface area contributed by atoms with E-state index >= 15 is 0 Å². The molecule has 4 rings (SSSR count). The predicted octanol–water partition coefficient (Wildman–Crippen LogP) is 2.89. The van der Waals surface area contributed by atoms with Crippen molar-refractivity contribution in [1.82, 2.24) is 24.1 Å². The molecule has 0 aliphatic rings. The van der Waals surface area contributed by atoms with Crippen LogP contribution in [0, 0.1) is 5.82 Å². The molecule has 0 atom stereocenters. The number of carboxylic acid groups (broad SMARTS) is 2. The fourth-order valence-corrected chi connectivity index (χ4v) is 4.40. The Labute approximate surface area is 308 Å². The molecule has 0 spiro atoms. The standard InChI is InChI=1S/C18H19ClFN3O4.2C8H10N4O/c1-21-13-6-9(12(20)8-11(13)17(24)25)4-3-5-10-7-14(22-2)15(18(26)27)23-16(10)19;2*9-7(5-13)1-2-8(10)12-4-3-11-6-12/h6-8,21-22H,3-5H2,1-2H3,(H,24,25)(H,26,27);2*1-6H,9-10H2/b;2*7-1-,8-2+. The van der Waals surface area contributed by atoms with E-state index in [2.05, 4.69) is 25.6 Å². The van der Waals surface area contributed by atoms with Crippen LogP contribution in [0.15, 0.2) is 91.3 Å². The lowest BCUT2D eigenvalue weighted by atomic mass is 10.0. The summed E-state index contributed by atoms with van der Waals surface area (Å²) >= 11 is 6.07. The number of aromatic nitrogens is 5. The highest BCUT2D eigenvalue weighted by molar-refractivity contribution is 6.30. The van der Waals surface area contributed by atoms with E-state index in [1.54, 1.807) is 66.7 Å². The average Bonchev–Trinajstić information content (AvgIpc) is 3.90. The Hall–Kier alpha value is -6.95. The van der Waals surface area contributed by atoms with Gasteiger partial charge in [0.15, 0.2) is 18.3 Å². The lowest BCUT2D eigenvalue weighted by Gasteiger charge is -2.12. The molecule has 0 bridgehead atoms. The zero-order chi connectivity index (χ0) is 39.5. The maximum atomic E-state index is 14.2. The molecule has 12 N–H and O–H groups in total. The number of allylic oxidation sites excluding steroid dienone is 6. The highest BCUT2D eigenvalue weighted by Crippen LogP contribution is 2.25. The number of rotatable bonds is 14. The maximum absolute atomic E-state index is 14.2. The zero-order valence-electron chi connectivity index (χ0n) is 28.6. The number of aryl methyl sites for hydroxylation is 2. The van der Waals surface area contributed by atoms with Crippen LogP contribution < -0.4 is 33.6 Å². The van der Waals surface area contributed by atoms with E-state index in [4.69, 9.17) is 44.7 Å². The van der Waals surface area contributed by atoms with Gasteiger partial charge in [-0.05, 0) is 72.9 Å². The van der Waals surface area contributed by atoms with Crippen LogP contribution in [0.1, 0.15) is 38.4 Å². The number of carboxylic acids is 2. The lowest BCUT2D eigenvalue weighted by molar-refractivity contribution is -0.105. The van der Waals surface area contributed by atoms with E-state index in [0.717, 1.165) is 6.07 Å². The number of benzene rings is 1. The van der Waals surface area contributed by atoms with Crippen molar-refractivity contribution < 1.29 is 33.8 Å². The van der Waals surface area contributed by atoms with E-state index < -0.39 is 17.8 Å². The first-order valence-electron chi connectivity index (χ1n) is 15.3. The third kappa shape index (κ3) is 13.4. The Bertz CT molecular complexity index is 1850. The lowest BCUT2D eigenvalue weighted by Crippen LogP contribution is -2.08. The number of pyridine rings is 1. The molecule has 0 radical (unpaired) electrons. The number of carbonyl (C=O) groups excluding carboxylic acids is 2. The first-order chi connectivity index (χ1) is 25.3. The summed E-state index contributed by atoms with van der Waals surface area (Å²) in [5.41, 5.74) is 23.4. The van der Waals surface area contributed by atoms with Crippen LogP contribution in [-0.4, -0.2) is 72.9 Å². The maximum Gasteiger partial charge on any atom is 0.356 e. The van der Waals surface area contributed by atoms with Gasteiger partial charge in [0.05, 0.1) is 22.6 Å². The molecule has 0 fully saturated rings. The summed E-state index contributed by atoms with van der Waals surface area (Å²) in [6.07, 6.45) is 18.1. The average molecular weight is 752 g/mol. The van der Waals surface area contributed by atoms with Crippen molar-refractivity contribution in [3.8, 4) is 0 Å². The second-order valence-electron chi connectivity index (χ2n) is 10.5. The molecule has 0 saturated carbocycles. The minimum Gasteiger partial charge on any atom is -0.478 e. The number of aldehydes is 2. The van der Waals surface area contributed by atoms with Crippen molar-refractivity contribution in [2.24, 2.45) is 22.9 Å². The molecular formula is C34H39ClFN11O6. The Morgan fingerprint density at radius 2 is 1.28 bits per heavy atom. The van der Waals surface area contributed by atoms with E-state index in [0.29, 0.717) is 66.0 Å². The number of aromatic carboxylic acids is 2. The van der Waals surface area contributed by atoms with E-state index in [9.17, 15) is 23.6 Å². The SMILES string of the molecule is CNc1cc(CCCc2cc(NC)c(C(=O)O)nc2Cl)c(F)cc1C(=O)O.N/C(C=O)=C\C=C(/N)n1ccnc1.N/C(C=O)=C\C=C(/N)n1ccnc1. The topological polar surface area (TPSA) is 285 Å². The number of halogens is 2. The number of imidazole rings is 2. The van der Waals surface area contributed by atoms with E-state index in [1.165, 1.54) is 30.4 Å². The first-order valence-corrected chi connectivity index (χ1v) is 15.7. The number of nitrogens with one attached hydrogen (secondary N) is 2. The number of nitrogens with two attached hydrogens (primary N) is 4. The Balaban J connectivity index is 0.000000311. The summed E-state index contributed by atoms with van der Waals surface area (Å²) in [6.45, 7) is 0. The van der Waals surface area contributed by atoms with Gasteiger partial charge >= 0.3 is 11.9 Å². The van der Waals surface area contributed by atoms with Crippen LogP contribution in [0.5, 0.6) is 0 Å². The second-order valence-corrected chi connectivity index (χ2v) is 10.8. The molecule has 0 amide bonds. The van der Waals surface area contributed by atoms with Crippen molar-refractivity contribution in [1.29, 1.82) is 0 Å². The summed E-state index contributed by atoms with van der Waals surface area (Å²) in [4.78, 5) is 54.1. The van der Waals surface area contributed by atoms with Crippen molar-refractivity contribution in [3.05, 3.63) is 125 Å². The van der Waals surface area contributed by atoms with Gasteiger partial charge in [0, 0.05) is 44.6 Å².